The molecule has 1 saturated heterocycles. The largest absolute Gasteiger partial charge is 0.480 e. The Hall–Kier alpha value is -1.84. The third-order valence-corrected chi connectivity index (χ3v) is 3.68. The summed E-state index contributed by atoms with van der Waals surface area (Å²) >= 11 is 8.52. The van der Waals surface area contributed by atoms with Gasteiger partial charge in [-0.1, -0.05) is 21.9 Å². The summed E-state index contributed by atoms with van der Waals surface area (Å²) in [5.74, 6) is 2.88. The van der Waals surface area contributed by atoms with Gasteiger partial charge >= 0.3 is 0 Å². The SMILES string of the molecule is C#CCOc1ccc(Br)cc1C=C1NC(=S)N(CC)C1=O. The number of hydrogen-bond donors (Lipinski definition) is 1. The predicted molar refractivity (Wildman–Crippen MR) is 89.6 cm³/mol. The zero-order chi connectivity index (χ0) is 15.4. The average molecular weight is 365 g/mol. The van der Waals surface area contributed by atoms with E-state index in [1.54, 1.807) is 12.1 Å². The molecule has 0 spiro atoms. The van der Waals surface area contributed by atoms with Gasteiger partial charge in [0.2, 0.25) is 0 Å². The smallest absolute Gasteiger partial charge is 0.276 e. The van der Waals surface area contributed by atoms with Gasteiger partial charge in [-0.25, -0.2) is 0 Å². The molecule has 108 valence electrons. The monoisotopic (exact) mass is 364 g/mol. The molecule has 1 N–H and O–H groups in total. The normalized spacial score (nSPS) is 16.0. The van der Waals surface area contributed by atoms with E-state index >= 15 is 0 Å². The molecular weight excluding hydrogens is 352 g/mol. The summed E-state index contributed by atoms with van der Waals surface area (Å²) in [5, 5.41) is 3.33. The van der Waals surface area contributed by atoms with Crippen molar-refractivity contribution in [2.24, 2.45) is 0 Å². The fourth-order valence-electron chi connectivity index (χ4n) is 1.90. The zero-order valence-electron chi connectivity index (χ0n) is 11.4. The Morgan fingerprint density at radius 1 is 1.57 bits per heavy atom. The van der Waals surface area contributed by atoms with Crippen molar-refractivity contribution in [2.75, 3.05) is 13.2 Å². The molecule has 1 amide bonds. The van der Waals surface area contributed by atoms with Crippen LogP contribution in [0.5, 0.6) is 5.75 Å². The number of terminal acetylenes is 1. The van der Waals surface area contributed by atoms with Crippen LogP contribution >= 0.6 is 28.1 Å². The van der Waals surface area contributed by atoms with Crippen LogP contribution in [0.15, 0.2) is 28.4 Å². The Kier molecular flexibility index (Phi) is 4.99. The van der Waals surface area contributed by atoms with Crippen molar-refractivity contribution in [3.8, 4) is 18.1 Å². The number of thiocarbonyl (C=S) groups is 1. The van der Waals surface area contributed by atoms with Gasteiger partial charge in [-0.05, 0) is 43.4 Å². The second-order valence-corrected chi connectivity index (χ2v) is 5.51. The summed E-state index contributed by atoms with van der Waals surface area (Å²) in [6.07, 6.45) is 6.92. The van der Waals surface area contributed by atoms with Crippen LogP contribution in [0.3, 0.4) is 0 Å². The Morgan fingerprint density at radius 2 is 2.33 bits per heavy atom. The van der Waals surface area contributed by atoms with E-state index in [0.717, 1.165) is 10.0 Å². The maximum absolute atomic E-state index is 12.2. The standard InChI is InChI=1S/C15H13BrN2O2S/c1-3-7-20-13-6-5-11(16)8-10(13)9-12-14(19)18(4-2)15(21)17-12/h1,5-6,8-9H,4,7H2,2H3,(H,17,21). The first-order valence-corrected chi connectivity index (χ1v) is 7.47. The number of benzene rings is 1. The Labute approximate surface area is 137 Å². The van der Waals surface area contributed by atoms with Crippen molar-refractivity contribution in [1.82, 2.24) is 10.2 Å². The van der Waals surface area contributed by atoms with E-state index in [1.807, 2.05) is 19.1 Å². The molecule has 1 aliphatic heterocycles. The molecule has 0 saturated carbocycles. The first kappa shape index (κ1) is 15.5. The van der Waals surface area contributed by atoms with Crippen LogP contribution in [0.2, 0.25) is 0 Å². The molecule has 0 bridgehead atoms. The summed E-state index contributed by atoms with van der Waals surface area (Å²) in [4.78, 5) is 13.7. The first-order chi connectivity index (χ1) is 10.1. The third-order valence-electron chi connectivity index (χ3n) is 2.86. The zero-order valence-corrected chi connectivity index (χ0v) is 13.8. The fourth-order valence-corrected chi connectivity index (χ4v) is 2.60. The second kappa shape index (κ2) is 6.74. The van der Waals surface area contributed by atoms with E-state index in [1.165, 1.54) is 4.90 Å². The van der Waals surface area contributed by atoms with Crippen LogP contribution in [0.4, 0.5) is 0 Å². The van der Waals surface area contributed by atoms with Crippen molar-refractivity contribution in [3.63, 3.8) is 0 Å². The van der Waals surface area contributed by atoms with Crippen LogP contribution in [-0.4, -0.2) is 29.1 Å². The average Bonchev–Trinajstić information content (AvgIpc) is 2.72. The van der Waals surface area contributed by atoms with Gasteiger partial charge in [0.05, 0.1) is 0 Å². The summed E-state index contributed by atoms with van der Waals surface area (Å²) in [5.41, 5.74) is 1.17. The Balaban J connectivity index is 2.36. The van der Waals surface area contributed by atoms with E-state index < -0.39 is 0 Å². The van der Waals surface area contributed by atoms with Crippen LogP contribution in [0.1, 0.15) is 12.5 Å². The highest BCUT2D eigenvalue weighted by Crippen LogP contribution is 2.26. The van der Waals surface area contributed by atoms with Gasteiger partial charge in [0, 0.05) is 16.6 Å². The summed E-state index contributed by atoms with van der Waals surface area (Å²) < 4.78 is 6.36. The van der Waals surface area contributed by atoms with Gasteiger partial charge < -0.3 is 10.1 Å². The van der Waals surface area contributed by atoms with E-state index in [-0.39, 0.29) is 12.5 Å². The molecule has 1 aliphatic rings. The number of nitrogens with zero attached hydrogens (tertiary/aromatic N) is 1. The molecule has 0 aliphatic carbocycles. The molecule has 1 aromatic carbocycles. The van der Waals surface area contributed by atoms with Gasteiger partial charge in [-0.3, -0.25) is 9.69 Å². The number of rotatable bonds is 4. The molecule has 0 radical (unpaired) electrons. The quantitative estimate of drug-likeness (QED) is 0.506. The van der Waals surface area contributed by atoms with E-state index in [0.29, 0.717) is 23.1 Å². The van der Waals surface area contributed by atoms with Crippen LogP contribution in [0.25, 0.3) is 6.08 Å². The number of carbonyl (C=O) groups is 1. The van der Waals surface area contributed by atoms with Crippen molar-refractivity contribution in [3.05, 3.63) is 33.9 Å². The lowest BCUT2D eigenvalue weighted by atomic mass is 10.1. The second-order valence-electron chi connectivity index (χ2n) is 4.21. The molecule has 1 heterocycles. The van der Waals surface area contributed by atoms with Gasteiger partial charge in [0.15, 0.2) is 5.11 Å². The molecule has 1 aromatic rings. The number of likely N-dealkylation sites (N-methyl/N-ethyl adjacent to an activating group) is 1. The topological polar surface area (TPSA) is 41.6 Å². The lowest BCUT2D eigenvalue weighted by molar-refractivity contribution is -0.122. The van der Waals surface area contributed by atoms with Crippen molar-refractivity contribution in [2.45, 2.75) is 6.92 Å². The highest BCUT2D eigenvalue weighted by atomic mass is 79.9. The molecule has 21 heavy (non-hydrogen) atoms. The Bertz CT molecular complexity index is 664. The van der Waals surface area contributed by atoms with Crippen LogP contribution in [-0.2, 0) is 4.79 Å². The minimum absolute atomic E-state index is 0.148. The van der Waals surface area contributed by atoms with Gasteiger partial charge in [0.1, 0.15) is 18.1 Å². The number of nitrogens with one attached hydrogen (secondary N) is 1. The van der Waals surface area contributed by atoms with E-state index in [9.17, 15) is 4.79 Å². The highest BCUT2D eigenvalue weighted by Gasteiger charge is 2.29. The predicted octanol–water partition coefficient (Wildman–Crippen LogP) is 2.54. The lowest BCUT2D eigenvalue weighted by Gasteiger charge is -2.09. The highest BCUT2D eigenvalue weighted by molar-refractivity contribution is 9.10. The lowest BCUT2D eigenvalue weighted by Crippen LogP contribution is -2.30. The van der Waals surface area contributed by atoms with Gasteiger partial charge in [-0.15, -0.1) is 6.42 Å². The number of carbonyl (C=O) groups excluding carboxylic acids is 1. The maximum atomic E-state index is 12.2. The number of hydrogen-bond acceptors (Lipinski definition) is 3. The van der Waals surface area contributed by atoms with Crippen LogP contribution < -0.4 is 10.1 Å². The molecule has 0 unspecified atom stereocenters. The van der Waals surface area contributed by atoms with E-state index in [2.05, 4.69) is 27.2 Å². The molecule has 4 nitrogen and oxygen atoms in total. The van der Waals surface area contributed by atoms with Crippen molar-refractivity contribution in [1.29, 1.82) is 0 Å². The third kappa shape index (κ3) is 3.43. The maximum Gasteiger partial charge on any atom is 0.276 e. The minimum Gasteiger partial charge on any atom is -0.480 e. The van der Waals surface area contributed by atoms with Gasteiger partial charge in [0.25, 0.3) is 5.91 Å². The summed E-state index contributed by atoms with van der Waals surface area (Å²) in [7, 11) is 0. The Morgan fingerprint density at radius 3 is 2.95 bits per heavy atom. The fraction of sp³-hybridized carbons (Fsp3) is 0.200. The van der Waals surface area contributed by atoms with Crippen molar-refractivity contribution < 1.29 is 9.53 Å². The molecule has 1 fully saturated rings. The van der Waals surface area contributed by atoms with Crippen molar-refractivity contribution >= 4 is 45.2 Å². The molecule has 6 heteroatoms. The number of ether oxygens (including phenoxy) is 1. The van der Waals surface area contributed by atoms with Gasteiger partial charge in [-0.2, -0.15) is 0 Å². The summed E-state index contributed by atoms with van der Waals surface area (Å²) in [6, 6.07) is 5.50. The van der Waals surface area contributed by atoms with E-state index in [4.69, 9.17) is 23.4 Å². The molecular formula is C15H13BrN2O2S. The molecule has 0 aromatic heterocycles. The van der Waals surface area contributed by atoms with Crippen LogP contribution in [0, 0.1) is 12.3 Å². The molecule has 0 atom stereocenters. The summed E-state index contributed by atoms with van der Waals surface area (Å²) in [6.45, 7) is 2.56. The molecule has 2 rings (SSSR count). The first-order valence-electron chi connectivity index (χ1n) is 6.27. The minimum atomic E-state index is -0.148. The number of halogens is 1. The number of amides is 1.